The van der Waals surface area contributed by atoms with Crippen LogP contribution in [0.3, 0.4) is 0 Å². The van der Waals surface area contributed by atoms with E-state index in [-0.39, 0.29) is 12.2 Å². The van der Waals surface area contributed by atoms with Gasteiger partial charge in [-0.25, -0.2) is 0 Å². The fraction of sp³-hybridized carbons (Fsp3) is 1.00. The molecule has 16 heavy (non-hydrogen) atoms. The van der Waals surface area contributed by atoms with Crippen LogP contribution in [0.15, 0.2) is 0 Å². The van der Waals surface area contributed by atoms with Crippen molar-refractivity contribution in [2.45, 2.75) is 84.3 Å². The normalized spacial score (nSPS) is 15.4. The number of rotatable bonds is 10. The first-order valence-corrected chi connectivity index (χ1v) is 6.92. The van der Waals surface area contributed by atoms with E-state index in [1.165, 1.54) is 12.8 Å². The van der Waals surface area contributed by atoms with E-state index in [9.17, 15) is 10.2 Å². The second kappa shape index (κ2) is 10.1. The third kappa shape index (κ3) is 10.4. The van der Waals surface area contributed by atoms with Crippen LogP contribution in [0.1, 0.15) is 72.1 Å². The zero-order valence-electron chi connectivity index (χ0n) is 11.3. The molecule has 0 aliphatic carbocycles. The Bertz CT molecular complexity index is 146. The van der Waals surface area contributed by atoms with Gasteiger partial charge in [0.1, 0.15) is 0 Å². The average Bonchev–Trinajstić information content (AvgIpc) is 2.22. The lowest BCUT2D eigenvalue weighted by Crippen LogP contribution is -2.13. The molecule has 0 spiro atoms. The summed E-state index contributed by atoms with van der Waals surface area (Å²) in [5, 5.41) is 19.3. The maximum absolute atomic E-state index is 9.72. The van der Waals surface area contributed by atoms with Crippen molar-refractivity contribution in [2.75, 3.05) is 0 Å². The van der Waals surface area contributed by atoms with Crippen molar-refractivity contribution in [1.29, 1.82) is 0 Å². The van der Waals surface area contributed by atoms with E-state index >= 15 is 0 Å². The Hall–Kier alpha value is -0.0800. The highest BCUT2D eigenvalue weighted by Crippen LogP contribution is 2.13. The highest BCUT2D eigenvalue weighted by atomic mass is 16.3. The van der Waals surface area contributed by atoms with E-state index in [1.54, 1.807) is 0 Å². The fourth-order valence-corrected chi connectivity index (χ4v) is 1.94. The van der Waals surface area contributed by atoms with Crippen molar-refractivity contribution in [3.05, 3.63) is 0 Å². The summed E-state index contributed by atoms with van der Waals surface area (Å²) in [7, 11) is 0. The highest BCUT2D eigenvalue weighted by Gasteiger charge is 2.08. The zero-order valence-corrected chi connectivity index (χ0v) is 11.3. The Morgan fingerprint density at radius 1 is 0.750 bits per heavy atom. The molecule has 2 N–H and O–H groups in total. The lowest BCUT2D eigenvalue weighted by Gasteiger charge is -2.13. The van der Waals surface area contributed by atoms with Gasteiger partial charge in [-0.1, -0.05) is 46.5 Å². The minimum atomic E-state index is -0.213. The van der Waals surface area contributed by atoms with E-state index in [4.69, 9.17) is 0 Å². The molecule has 2 atom stereocenters. The van der Waals surface area contributed by atoms with Gasteiger partial charge >= 0.3 is 0 Å². The average molecular weight is 230 g/mol. The Balaban J connectivity index is 3.33. The molecule has 0 fully saturated rings. The summed E-state index contributed by atoms with van der Waals surface area (Å²) in [5.74, 6) is 0.767. The van der Waals surface area contributed by atoms with Gasteiger partial charge in [-0.15, -0.1) is 0 Å². The predicted molar refractivity (Wildman–Crippen MR) is 69.5 cm³/mol. The van der Waals surface area contributed by atoms with Crippen LogP contribution in [0, 0.1) is 5.92 Å². The molecule has 0 aromatic heterocycles. The van der Waals surface area contributed by atoms with Crippen LogP contribution in [0.25, 0.3) is 0 Å². The van der Waals surface area contributed by atoms with Crippen LogP contribution >= 0.6 is 0 Å². The lowest BCUT2D eigenvalue weighted by molar-refractivity contribution is 0.102. The second-order valence-corrected chi connectivity index (χ2v) is 5.35. The standard InChI is InChI=1S/C14H30O2/c1-4-7-13(15)10-11-14(16)9-6-5-8-12(2)3/h12-16H,4-11H2,1-3H3. The maximum atomic E-state index is 9.72. The molecule has 0 rings (SSSR count). The molecule has 2 heteroatoms. The monoisotopic (exact) mass is 230 g/mol. The SMILES string of the molecule is CCCC(O)CCC(O)CCCCC(C)C. The van der Waals surface area contributed by atoms with Gasteiger partial charge in [0.2, 0.25) is 0 Å². The van der Waals surface area contributed by atoms with Gasteiger partial charge in [-0.05, 0) is 31.6 Å². The summed E-state index contributed by atoms with van der Waals surface area (Å²) >= 11 is 0. The molecule has 0 saturated carbocycles. The number of aliphatic hydroxyl groups excluding tert-OH is 2. The Morgan fingerprint density at radius 3 is 1.75 bits per heavy atom. The van der Waals surface area contributed by atoms with Gasteiger partial charge in [0.05, 0.1) is 12.2 Å². The minimum absolute atomic E-state index is 0.210. The largest absolute Gasteiger partial charge is 0.393 e. The number of hydrogen-bond donors (Lipinski definition) is 2. The predicted octanol–water partition coefficient (Wildman–Crippen LogP) is 3.50. The van der Waals surface area contributed by atoms with Crippen LogP contribution in [0.4, 0.5) is 0 Å². The molecule has 0 aromatic rings. The highest BCUT2D eigenvalue weighted by molar-refractivity contribution is 4.62. The Morgan fingerprint density at radius 2 is 1.25 bits per heavy atom. The number of hydrogen-bond acceptors (Lipinski definition) is 2. The van der Waals surface area contributed by atoms with Gasteiger partial charge < -0.3 is 10.2 Å². The number of unbranched alkanes of at least 4 members (excludes halogenated alkanes) is 1. The van der Waals surface area contributed by atoms with Crippen LogP contribution < -0.4 is 0 Å². The summed E-state index contributed by atoms with van der Waals surface area (Å²) in [5.41, 5.74) is 0. The molecule has 98 valence electrons. The first kappa shape index (κ1) is 15.9. The molecule has 0 saturated heterocycles. The van der Waals surface area contributed by atoms with E-state index in [0.29, 0.717) is 0 Å². The van der Waals surface area contributed by atoms with Crippen molar-refractivity contribution in [2.24, 2.45) is 5.92 Å². The molecular formula is C14H30O2. The lowest BCUT2D eigenvalue weighted by atomic mass is 10.0. The van der Waals surface area contributed by atoms with Crippen molar-refractivity contribution < 1.29 is 10.2 Å². The summed E-state index contributed by atoms with van der Waals surface area (Å²) in [6.07, 6.45) is 7.44. The first-order valence-electron chi connectivity index (χ1n) is 6.92. The summed E-state index contributed by atoms with van der Waals surface area (Å²) in [6.45, 7) is 6.54. The van der Waals surface area contributed by atoms with E-state index in [0.717, 1.165) is 44.4 Å². The fourth-order valence-electron chi connectivity index (χ4n) is 1.94. The summed E-state index contributed by atoms with van der Waals surface area (Å²) < 4.78 is 0. The Kier molecular flexibility index (Phi) is 10.0. The summed E-state index contributed by atoms with van der Waals surface area (Å²) in [4.78, 5) is 0. The molecular weight excluding hydrogens is 200 g/mol. The molecule has 2 unspecified atom stereocenters. The van der Waals surface area contributed by atoms with Crippen molar-refractivity contribution in [3.63, 3.8) is 0 Å². The minimum Gasteiger partial charge on any atom is -0.393 e. The quantitative estimate of drug-likeness (QED) is 0.564. The van der Waals surface area contributed by atoms with Gasteiger partial charge in [-0.3, -0.25) is 0 Å². The summed E-state index contributed by atoms with van der Waals surface area (Å²) in [6, 6.07) is 0. The van der Waals surface area contributed by atoms with E-state index < -0.39 is 0 Å². The third-order valence-corrected chi connectivity index (χ3v) is 3.02. The van der Waals surface area contributed by atoms with Crippen LogP contribution in [-0.2, 0) is 0 Å². The Labute approximate surface area is 101 Å². The van der Waals surface area contributed by atoms with Crippen molar-refractivity contribution in [1.82, 2.24) is 0 Å². The third-order valence-electron chi connectivity index (χ3n) is 3.02. The number of aliphatic hydroxyl groups is 2. The second-order valence-electron chi connectivity index (χ2n) is 5.35. The molecule has 0 aliphatic rings. The molecule has 2 nitrogen and oxygen atoms in total. The van der Waals surface area contributed by atoms with Gasteiger partial charge in [0, 0.05) is 0 Å². The smallest absolute Gasteiger partial charge is 0.0541 e. The van der Waals surface area contributed by atoms with Crippen molar-refractivity contribution in [3.8, 4) is 0 Å². The molecule has 0 amide bonds. The molecule has 0 radical (unpaired) electrons. The molecule has 0 bridgehead atoms. The van der Waals surface area contributed by atoms with Crippen LogP contribution in [0.5, 0.6) is 0 Å². The van der Waals surface area contributed by atoms with Crippen LogP contribution in [0.2, 0.25) is 0 Å². The van der Waals surface area contributed by atoms with Crippen LogP contribution in [-0.4, -0.2) is 22.4 Å². The molecule has 0 aliphatic heterocycles. The zero-order chi connectivity index (χ0) is 12.4. The van der Waals surface area contributed by atoms with Crippen molar-refractivity contribution >= 4 is 0 Å². The first-order chi connectivity index (χ1) is 7.56. The maximum Gasteiger partial charge on any atom is 0.0541 e. The van der Waals surface area contributed by atoms with E-state index in [2.05, 4.69) is 20.8 Å². The molecule has 0 aromatic carbocycles. The van der Waals surface area contributed by atoms with Gasteiger partial charge in [0.25, 0.3) is 0 Å². The van der Waals surface area contributed by atoms with E-state index in [1.807, 2.05) is 0 Å². The molecule has 0 heterocycles. The van der Waals surface area contributed by atoms with Gasteiger partial charge in [-0.2, -0.15) is 0 Å². The van der Waals surface area contributed by atoms with Gasteiger partial charge in [0.15, 0.2) is 0 Å². The topological polar surface area (TPSA) is 40.5 Å².